The highest BCUT2D eigenvalue weighted by Gasteiger charge is 2.14. The van der Waals surface area contributed by atoms with Crippen molar-refractivity contribution in [3.05, 3.63) is 11.7 Å². The van der Waals surface area contributed by atoms with Crippen molar-refractivity contribution in [1.29, 1.82) is 0 Å². The molecule has 1 aromatic rings. The zero-order valence-electron chi connectivity index (χ0n) is 8.95. The Bertz CT molecular complexity index is 311. The summed E-state index contributed by atoms with van der Waals surface area (Å²) in [6.07, 6.45) is 1.55. The van der Waals surface area contributed by atoms with Crippen LogP contribution in [0.3, 0.4) is 0 Å². The Morgan fingerprint density at radius 1 is 1.60 bits per heavy atom. The van der Waals surface area contributed by atoms with Gasteiger partial charge in [0.05, 0.1) is 6.61 Å². The van der Waals surface area contributed by atoms with E-state index in [4.69, 9.17) is 9.26 Å². The van der Waals surface area contributed by atoms with Crippen LogP contribution in [0.2, 0.25) is 0 Å². The Morgan fingerprint density at radius 2 is 2.40 bits per heavy atom. The van der Waals surface area contributed by atoms with Crippen molar-refractivity contribution in [3.8, 4) is 0 Å². The van der Waals surface area contributed by atoms with Crippen LogP contribution in [0.5, 0.6) is 0 Å². The first-order valence-corrected chi connectivity index (χ1v) is 4.92. The normalized spacial score (nSPS) is 10.3. The van der Waals surface area contributed by atoms with Gasteiger partial charge in [-0.15, -0.1) is 0 Å². The summed E-state index contributed by atoms with van der Waals surface area (Å²) in [4.78, 5) is 15.1. The molecule has 0 bridgehead atoms. The fraction of sp³-hybridized carbons (Fsp3) is 0.667. The number of nitrogens with one attached hydrogen (secondary N) is 1. The van der Waals surface area contributed by atoms with Crippen LogP contribution in [0.25, 0.3) is 0 Å². The third-order valence-electron chi connectivity index (χ3n) is 1.74. The highest BCUT2D eigenvalue weighted by Crippen LogP contribution is 2.01. The van der Waals surface area contributed by atoms with Crippen molar-refractivity contribution in [2.45, 2.75) is 19.8 Å². The Hall–Kier alpha value is -1.43. The summed E-state index contributed by atoms with van der Waals surface area (Å²) in [6.45, 7) is 2.91. The fourth-order valence-electron chi connectivity index (χ4n) is 1.05. The lowest BCUT2D eigenvalue weighted by Crippen LogP contribution is -2.09. The SMILES string of the molecule is CCOC(=O)c1noc(CCCNC)n1. The van der Waals surface area contributed by atoms with Crippen molar-refractivity contribution in [1.82, 2.24) is 15.5 Å². The second-order valence-electron chi connectivity index (χ2n) is 2.94. The molecular formula is C9H15N3O3. The number of hydrogen-bond acceptors (Lipinski definition) is 6. The van der Waals surface area contributed by atoms with Crippen molar-refractivity contribution in [3.63, 3.8) is 0 Å². The van der Waals surface area contributed by atoms with Crippen LogP contribution < -0.4 is 5.32 Å². The number of aromatic nitrogens is 2. The molecule has 0 aliphatic rings. The van der Waals surface area contributed by atoms with Crippen LogP contribution in [-0.4, -0.2) is 36.3 Å². The lowest BCUT2D eigenvalue weighted by Gasteiger charge is -1.94. The molecular weight excluding hydrogens is 198 g/mol. The Kier molecular flexibility index (Phi) is 4.76. The van der Waals surface area contributed by atoms with Gasteiger partial charge in [0, 0.05) is 6.42 Å². The molecule has 0 amide bonds. The first kappa shape index (κ1) is 11.6. The third kappa shape index (κ3) is 3.67. The van der Waals surface area contributed by atoms with Crippen molar-refractivity contribution >= 4 is 5.97 Å². The lowest BCUT2D eigenvalue weighted by atomic mass is 10.3. The predicted molar refractivity (Wildman–Crippen MR) is 52.5 cm³/mol. The van der Waals surface area contributed by atoms with Crippen LogP contribution in [0.4, 0.5) is 0 Å². The Labute approximate surface area is 88.0 Å². The van der Waals surface area contributed by atoms with Crippen LogP contribution >= 0.6 is 0 Å². The number of nitrogens with zero attached hydrogens (tertiary/aromatic N) is 2. The van der Waals surface area contributed by atoms with Gasteiger partial charge in [0.25, 0.3) is 5.82 Å². The molecule has 6 nitrogen and oxygen atoms in total. The highest BCUT2D eigenvalue weighted by molar-refractivity contribution is 5.84. The van der Waals surface area contributed by atoms with E-state index in [-0.39, 0.29) is 5.82 Å². The Balaban J connectivity index is 2.45. The van der Waals surface area contributed by atoms with Crippen LogP contribution in [-0.2, 0) is 11.2 Å². The summed E-state index contributed by atoms with van der Waals surface area (Å²) in [7, 11) is 1.87. The number of aryl methyl sites for hydroxylation is 1. The largest absolute Gasteiger partial charge is 0.460 e. The maximum atomic E-state index is 11.2. The van der Waals surface area contributed by atoms with Crippen LogP contribution in [0, 0.1) is 0 Å². The van der Waals surface area contributed by atoms with E-state index in [1.807, 2.05) is 7.05 Å². The van der Waals surface area contributed by atoms with Crippen LogP contribution in [0.1, 0.15) is 29.9 Å². The van der Waals surface area contributed by atoms with E-state index in [2.05, 4.69) is 15.5 Å². The number of rotatable bonds is 6. The molecule has 6 heteroatoms. The summed E-state index contributed by atoms with van der Waals surface area (Å²) < 4.78 is 9.62. The first-order valence-electron chi connectivity index (χ1n) is 4.92. The quantitative estimate of drug-likeness (QED) is 0.544. The number of ether oxygens (including phenoxy) is 1. The molecule has 1 aromatic heterocycles. The number of hydrogen-bond donors (Lipinski definition) is 1. The average molecular weight is 213 g/mol. The van der Waals surface area contributed by atoms with E-state index < -0.39 is 5.97 Å². The minimum Gasteiger partial charge on any atom is -0.460 e. The maximum Gasteiger partial charge on any atom is 0.379 e. The molecule has 0 radical (unpaired) electrons. The first-order chi connectivity index (χ1) is 7.27. The molecule has 0 saturated carbocycles. The van der Waals surface area contributed by atoms with E-state index in [1.165, 1.54) is 0 Å². The summed E-state index contributed by atoms with van der Waals surface area (Å²) in [6, 6.07) is 0. The van der Waals surface area contributed by atoms with Gasteiger partial charge in [-0.05, 0) is 32.1 Å². The maximum absolute atomic E-state index is 11.2. The summed E-state index contributed by atoms with van der Waals surface area (Å²) in [5.41, 5.74) is 0. The van der Waals surface area contributed by atoms with Gasteiger partial charge in [-0.3, -0.25) is 0 Å². The van der Waals surface area contributed by atoms with E-state index >= 15 is 0 Å². The molecule has 0 aliphatic carbocycles. The number of esters is 1. The summed E-state index contributed by atoms with van der Waals surface area (Å²) >= 11 is 0. The van der Waals surface area contributed by atoms with E-state index in [0.717, 1.165) is 13.0 Å². The monoisotopic (exact) mass is 213 g/mol. The van der Waals surface area contributed by atoms with E-state index in [1.54, 1.807) is 6.92 Å². The minimum atomic E-state index is -0.541. The topological polar surface area (TPSA) is 77.2 Å². The molecule has 0 fully saturated rings. The second-order valence-corrected chi connectivity index (χ2v) is 2.94. The van der Waals surface area contributed by atoms with Gasteiger partial charge in [0.15, 0.2) is 0 Å². The molecule has 0 aliphatic heterocycles. The molecule has 0 atom stereocenters. The molecule has 1 rings (SSSR count). The predicted octanol–water partition coefficient (Wildman–Crippen LogP) is 0.398. The molecule has 1 N–H and O–H groups in total. The van der Waals surface area contributed by atoms with Gasteiger partial charge in [0.1, 0.15) is 0 Å². The molecule has 84 valence electrons. The van der Waals surface area contributed by atoms with Gasteiger partial charge in [-0.2, -0.15) is 4.98 Å². The Morgan fingerprint density at radius 3 is 3.07 bits per heavy atom. The third-order valence-corrected chi connectivity index (χ3v) is 1.74. The molecule has 0 aromatic carbocycles. The van der Waals surface area contributed by atoms with Crippen molar-refractivity contribution < 1.29 is 14.1 Å². The van der Waals surface area contributed by atoms with Gasteiger partial charge < -0.3 is 14.6 Å². The number of carbonyl (C=O) groups excluding carboxylic acids is 1. The smallest absolute Gasteiger partial charge is 0.379 e. The summed E-state index contributed by atoms with van der Waals surface area (Å²) in [5, 5.41) is 6.54. The second kappa shape index (κ2) is 6.13. The molecule has 1 heterocycles. The minimum absolute atomic E-state index is 0.00342. The van der Waals surface area contributed by atoms with Gasteiger partial charge >= 0.3 is 5.97 Å². The van der Waals surface area contributed by atoms with E-state index in [9.17, 15) is 4.79 Å². The van der Waals surface area contributed by atoms with Crippen LogP contribution in [0.15, 0.2) is 4.52 Å². The van der Waals surface area contributed by atoms with Gasteiger partial charge in [-0.25, -0.2) is 4.79 Å². The van der Waals surface area contributed by atoms with Crippen molar-refractivity contribution in [2.75, 3.05) is 20.2 Å². The van der Waals surface area contributed by atoms with Gasteiger partial charge in [0.2, 0.25) is 5.89 Å². The lowest BCUT2D eigenvalue weighted by molar-refractivity contribution is 0.0508. The zero-order valence-corrected chi connectivity index (χ0v) is 8.95. The standard InChI is InChI=1S/C9H15N3O3/c1-3-14-9(13)8-11-7(15-12-8)5-4-6-10-2/h10H,3-6H2,1-2H3. The molecule has 0 spiro atoms. The van der Waals surface area contributed by atoms with Gasteiger partial charge in [-0.1, -0.05) is 0 Å². The highest BCUT2D eigenvalue weighted by atomic mass is 16.5. The van der Waals surface area contributed by atoms with E-state index in [0.29, 0.717) is 18.9 Å². The number of carbonyl (C=O) groups is 1. The molecule has 0 unspecified atom stereocenters. The fourth-order valence-corrected chi connectivity index (χ4v) is 1.05. The summed E-state index contributed by atoms with van der Waals surface area (Å²) in [5.74, 6) is -0.0780. The van der Waals surface area contributed by atoms with Crippen molar-refractivity contribution in [2.24, 2.45) is 0 Å². The average Bonchev–Trinajstić information content (AvgIpc) is 2.67. The zero-order chi connectivity index (χ0) is 11.1. The molecule has 15 heavy (non-hydrogen) atoms. The molecule has 0 saturated heterocycles.